The van der Waals surface area contributed by atoms with Crippen molar-refractivity contribution in [2.75, 3.05) is 44.7 Å². The molecule has 2 heterocycles. The number of carbonyl (C=O) groups excluding carboxylic acids is 1. The van der Waals surface area contributed by atoms with Crippen LogP contribution < -0.4 is 4.90 Å². The van der Waals surface area contributed by atoms with Gasteiger partial charge in [0.25, 0.3) is 0 Å². The highest BCUT2D eigenvalue weighted by atomic mass is 32.2. The van der Waals surface area contributed by atoms with Crippen molar-refractivity contribution in [2.24, 2.45) is 0 Å². The maximum absolute atomic E-state index is 12.8. The monoisotopic (exact) mass is 408 g/mol. The number of aromatic nitrogens is 1. The van der Waals surface area contributed by atoms with Crippen LogP contribution in [0.4, 0.5) is 5.13 Å². The molecule has 0 spiro atoms. The standard InChI is InChI=1S/C18H24N4O3S2/c1-14-4-5-16(12-15(14)2)27(24,25)20(3)13-17(23)21-7-9-22(10-8-21)18-19-6-11-26-18/h4-6,11-12H,7-10,13H2,1-3H3. The van der Waals surface area contributed by atoms with E-state index in [-0.39, 0.29) is 17.3 Å². The lowest BCUT2D eigenvalue weighted by Crippen LogP contribution is -2.51. The number of piperazine rings is 1. The van der Waals surface area contributed by atoms with Gasteiger partial charge in [-0.1, -0.05) is 6.07 Å². The van der Waals surface area contributed by atoms with E-state index in [2.05, 4.69) is 9.88 Å². The van der Waals surface area contributed by atoms with E-state index < -0.39 is 10.0 Å². The first-order valence-corrected chi connectivity index (χ1v) is 11.1. The Bertz CT molecular complexity index is 905. The van der Waals surface area contributed by atoms with Crippen molar-refractivity contribution in [2.45, 2.75) is 18.7 Å². The van der Waals surface area contributed by atoms with Crippen molar-refractivity contribution < 1.29 is 13.2 Å². The van der Waals surface area contributed by atoms with Crippen LogP contribution in [-0.4, -0.2) is 68.3 Å². The van der Waals surface area contributed by atoms with Gasteiger partial charge in [-0.2, -0.15) is 4.31 Å². The van der Waals surface area contributed by atoms with Crippen LogP contribution in [0.5, 0.6) is 0 Å². The number of hydrogen-bond acceptors (Lipinski definition) is 6. The molecule has 2 aromatic rings. The molecule has 1 aromatic carbocycles. The number of anilines is 1. The van der Waals surface area contributed by atoms with E-state index >= 15 is 0 Å². The average Bonchev–Trinajstić information content (AvgIpc) is 3.18. The number of benzene rings is 1. The SMILES string of the molecule is Cc1ccc(S(=O)(=O)N(C)CC(=O)N2CCN(c3nccs3)CC2)cc1C. The molecule has 0 saturated carbocycles. The van der Waals surface area contributed by atoms with Crippen LogP contribution in [0.2, 0.25) is 0 Å². The van der Waals surface area contributed by atoms with Gasteiger partial charge in [0, 0.05) is 44.8 Å². The van der Waals surface area contributed by atoms with Gasteiger partial charge >= 0.3 is 0 Å². The molecule has 0 aliphatic carbocycles. The molecule has 9 heteroatoms. The first-order chi connectivity index (χ1) is 12.8. The van der Waals surface area contributed by atoms with Gasteiger partial charge < -0.3 is 9.80 Å². The molecule has 3 rings (SSSR count). The normalized spacial score (nSPS) is 15.4. The van der Waals surface area contributed by atoms with Gasteiger partial charge in [0.1, 0.15) is 0 Å². The molecular formula is C18H24N4O3S2. The van der Waals surface area contributed by atoms with E-state index in [0.717, 1.165) is 20.6 Å². The minimum atomic E-state index is -3.69. The van der Waals surface area contributed by atoms with Crippen molar-refractivity contribution in [1.29, 1.82) is 0 Å². The van der Waals surface area contributed by atoms with Crippen LogP contribution in [0.15, 0.2) is 34.7 Å². The number of likely N-dealkylation sites (N-methyl/N-ethyl adjacent to an activating group) is 1. The van der Waals surface area contributed by atoms with Gasteiger partial charge in [0.15, 0.2) is 5.13 Å². The summed E-state index contributed by atoms with van der Waals surface area (Å²) in [5.74, 6) is -0.177. The first kappa shape index (κ1) is 19.8. The molecule has 1 saturated heterocycles. The Balaban J connectivity index is 1.61. The molecule has 0 N–H and O–H groups in total. The van der Waals surface area contributed by atoms with E-state index in [0.29, 0.717) is 26.2 Å². The molecule has 7 nitrogen and oxygen atoms in total. The summed E-state index contributed by atoms with van der Waals surface area (Å²) >= 11 is 1.58. The van der Waals surface area contributed by atoms with Gasteiger partial charge in [0.05, 0.1) is 11.4 Å². The fourth-order valence-electron chi connectivity index (χ4n) is 2.95. The molecule has 1 aliphatic heterocycles. The number of nitrogens with zero attached hydrogens (tertiary/aromatic N) is 4. The van der Waals surface area contributed by atoms with Crippen molar-refractivity contribution in [3.05, 3.63) is 40.9 Å². The van der Waals surface area contributed by atoms with Gasteiger partial charge in [0.2, 0.25) is 15.9 Å². The zero-order chi connectivity index (χ0) is 19.6. The van der Waals surface area contributed by atoms with Gasteiger partial charge in [-0.15, -0.1) is 11.3 Å². The Hall–Kier alpha value is -1.97. The Labute approximate surface area is 164 Å². The fraction of sp³-hybridized carbons (Fsp3) is 0.444. The third-order valence-corrected chi connectivity index (χ3v) is 7.50. The van der Waals surface area contributed by atoms with Crippen LogP contribution in [0.3, 0.4) is 0 Å². The summed E-state index contributed by atoms with van der Waals surface area (Å²) < 4.78 is 26.7. The van der Waals surface area contributed by atoms with Crippen molar-refractivity contribution in [1.82, 2.24) is 14.2 Å². The fourth-order valence-corrected chi connectivity index (χ4v) is 4.85. The quantitative estimate of drug-likeness (QED) is 0.753. The van der Waals surface area contributed by atoms with E-state index in [1.807, 2.05) is 19.2 Å². The molecule has 1 fully saturated rings. The van der Waals surface area contributed by atoms with E-state index in [1.54, 1.807) is 40.6 Å². The number of aryl methyl sites for hydroxylation is 2. The summed E-state index contributed by atoms with van der Waals surface area (Å²) in [5.41, 5.74) is 1.94. The van der Waals surface area contributed by atoms with Crippen molar-refractivity contribution in [3.8, 4) is 0 Å². The van der Waals surface area contributed by atoms with E-state index in [1.165, 1.54) is 7.05 Å². The molecule has 0 unspecified atom stereocenters. The second-order valence-corrected chi connectivity index (χ2v) is 9.61. The summed E-state index contributed by atoms with van der Waals surface area (Å²) in [7, 11) is -2.24. The number of hydrogen-bond donors (Lipinski definition) is 0. The second-order valence-electron chi connectivity index (χ2n) is 6.69. The maximum Gasteiger partial charge on any atom is 0.243 e. The Kier molecular flexibility index (Phi) is 5.83. The topological polar surface area (TPSA) is 73.8 Å². The molecule has 146 valence electrons. The van der Waals surface area contributed by atoms with E-state index in [9.17, 15) is 13.2 Å². The van der Waals surface area contributed by atoms with Crippen LogP contribution in [-0.2, 0) is 14.8 Å². The molecule has 1 amide bonds. The molecule has 0 atom stereocenters. The number of carbonyl (C=O) groups is 1. The third kappa shape index (κ3) is 4.31. The van der Waals surface area contributed by atoms with Crippen LogP contribution >= 0.6 is 11.3 Å². The van der Waals surface area contributed by atoms with E-state index in [4.69, 9.17) is 0 Å². The number of rotatable bonds is 5. The van der Waals surface area contributed by atoms with Crippen LogP contribution in [0.1, 0.15) is 11.1 Å². The smallest absolute Gasteiger partial charge is 0.243 e. The summed E-state index contributed by atoms with van der Waals surface area (Å²) in [5, 5.41) is 2.89. The third-order valence-electron chi connectivity index (χ3n) is 4.87. The van der Waals surface area contributed by atoms with Crippen LogP contribution in [0, 0.1) is 13.8 Å². The van der Waals surface area contributed by atoms with Crippen LogP contribution in [0.25, 0.3) is 0 Å². The Morgan fingerprint density at radius 3 is 2.48 bits per heavy atom. The lowest BCUT2D eigenvalue weighted by Gasteiger charge is -2.35. The minimum Gasteiger partial charge on any atom is -0.345 e. The molecular weight excluding hydrogens is 384 g/mol. The molecule has 27 heavy (non-hydrogen) atoms. The predicted molar refractivity (Wildman–Crippen MR) is 107 cm³/mol. The zero-order valence-corrected chi connectivity index (χ0v) is 17.4. The highest BCUT2D eigenvalue weighted by molar-refractivity contribution is 7.89. The summed E-state index contributed by atoms with van der Waals surface area (Å²) in [6.07, 6.45) is 1.77. The van der Waals surface area contributed by atoms with Gasteiger partial charge in [-0.3, -0.25) is 4.79 Å². The second kappa shape index (κ2) is 7.95. The Morgan fingerprint density at radius 2 is 1.89 bits per heavy atom. The lowest BCUT2D eigenvalue weighted by molar-refractivity contribution is -0.131. The minimum absolute atomic E-state index is 0.160. The maximum atomic E-state index is 12.8. The van der Waals surface area contributed by atoms with Gasteiger partial charge in [-0.25, -0.2) is 13.4 Å². The summed E-state index contributed by atoms with van der Waals surface area (Å²) in [6.45, 7) is 6.18. The number of sulfonamides is 1. The highest BCUT2D eigenvalue weighted by Gasteiger charge is 2.27. The molecule has 0 radical (unpaired) electrons. The van der Waals surface area contributed by atoms with Crippen molar-refractivity contribution in [3.63, 3.8) is 0 Å². The molecule has 1 aromatic heterocycles. The van der Waals surface area contributed by atoms with Gasteiger partial charge in [-0.05, 0) is 37.1 Å². The molecule has 0 bridgehead atoms. The number of thiazole rings is 1. The summed E-state index contributed by atoms with van der Waals surface area (Å²) in [6, 6.07) is 5.03. The average molecular weight is 409 g/mol. The lowest BCUT2D eigenvalue weighted by atomic mass is 10.1. The zero-order valence-electron chi connectivity index (χ0n) is 15.8. The highest BCUT2D eigenvalue weighted by Crippen LogP contribution is 2.20. The first-order valence-electron chi connectivity index (χ1n) is 8.75. The summed E-state index contributed by atoms with van der Waals surface area (Å²) in [4.78, 5) is 21.0. The number of amides is 1. The predicted octanol–water partition coefficient (Wildman–Crippen LogP) is 1.73. The Morgan fingerprint density at radius 1 is 1.19 bits per heavy atom. The molecule has 1 aliphatic rings. The van der Waals surface area contributed by atoms with Crippen molar-refractivity contribution >= 4 is 32.4 Å². The largest absolute Gasteiger partial charge is 0.345 e.